The van der Waals surface area contributed by atoms with Crippen LogP contribution in [0.5, 0.6) is 5.75 Å². The van der Waals surface area contributed by atoms with Crippen LogP contribution < -0.4 is 15.4 Å². The van der Waals surface area contributed by atoms with E-state index in [9.17, 15) is 23.5 Å². The largest absolute Gasteiger partial charge is 0.485 e. The van der Waals surface area contributed by atoms with Gasteiger partial charge in [0, 0.05) is 12.7 Å². The number of ether oxygens (including phenoxy) is 1. The van der Waals surface area contributed by atoms with Crippen LogP contribution in [0.25, 0.3) is 5.65 Å². The summed E-state index contributed by atoms with van der Waals surface area (Å²) < 4.78 is 35.4. The van der Waals surface area contributed by atoms with Crippen LogP contribution in [-0.4, -0.2) is 38.6 Å². The highest BCUT2D eigenvalue weighted by molar-refractivity contribution is 5.95. The van der Waals surface area contributed by atoms with Crippen molar-refractivity contribution >= 4 is 17.6 Å². The molecule has 35 heavy (non-hydrogen) atoms. The van der Waals surface area contributed by atoms with E-state index >= 15 is 0 Å². The fourth-order valence-corrected chi connectivity index (χ4v) is 4.69. The van der Waals surface area contributed by atoms with Gasteiger partial charge in [0.05, 0.1) is 16.8 Å². The quantitative estimate of drug-likeness (QED) is 0.456. The number of pyridine rings is 1. The van der Waals surface area contributed by atoms with Gasteiger partial charge in [-0.15, -0.1) is 0 Å². The number of carboxylic acid groups (broad SMARTS) is 1. The van der Waals surface area contributed by atoms with Gasteiger partial charge < -0.3 is 20.5 Å². The number of rotatable bonds is 7. The van der Waals surface area contributed by atoms with Gasteiger partial charge in [0.2, 0.25) is 0 Å². The molecule has 0 saturated heterocycles. The van der Waals surface area contributed by atoms with Gasteiger partial charge in [0.15, 0.2) is 11.4 Å². The molecule has 1 saturated carbocycles. The maximum Gasteiger partial charge on any atom is 0.405 e. The fourth-order valence-electron chi connectivity index (χ4n) is 4.69. The van der Waals surface area contributed by atoms with E-state index in [1.54, 1.807) is 30.5 Å². The second-order valence-electron chi connectivity index (χ2n) is 9.06. The first-order chi connectivity index (χ1) is 16.7. The van der Waals surface area contributed by atoms with Crippen molar-refractivity contribution in [3.05, 3.63) is 64.6 Å². The highest BCUT2D eigenvalue weighted by Gasteiger charge is 2.34. The number of halogens is 2. The van der Waals surface area contributed by atoms with Gasteiger partial charge in [-0.25, -0.2) is 18.6 Å². The molecule has 0 spiro atoms. The summed E-state index contributed by atoms with van der Waals surface area (Å²) in [6.45, 7) is 3.31. The van der Waals surface area contributed by atoms with E-state index in [1.165, 1.54) is 6.07 Å². The molecule has 0 radical (unpaired) electrons. The van der Waals surface area contributed by atoms with Crippen LogP contribution >= 0.6 is 0 Å². The van der Waals surface area contributed by atoms with Gasteiger partial charge in [-0.3, -0.25) is 9.20 Å². The summed E-state index contributed by atoms with van der Waals surface area (Å²) in [4.78, 5) is 29.0. The molecule has 8 nitrogen and oxygen atoms in total. The van der Waals surface area contributed by atoms with E-state index in [1.807, 2.05) is 0 Å². The van der Waals surface area contributed by atoms with Crippen LogP contribution in [-0.2, 0) is 6.61 Å². The van der Waals surface area contributed by atoms with Gasteiger partial charge in [-0.05, 0) is 50.5 Å². The SMILES string of the molecule is Cc1cc(OCc2c(F)cccc2F)c2nc(C)c(C(=O)NCC3(NC(=O)O)CCCCC3)n2c1. The van der Waals surface area contributed by atoms with Crippen LogP contribution in [0.15, 0.2) is 30.5 Å². The van der Waals surface area contributed by atoms with Gasteiger partial charge in [0.25, 0.3) is 5.91 Å². The molecule has 3 aromatic rings. The molecule has 4 rings (SSSR count). The number of aromatic nitrogens is 2. The van der Waals surface area contributed by atoms with Crippen molar-refractivity contribution in [2.45, 2.75) is 58.1 Å². The van der Waals surface area contributed by atoms with E-state index in [0.717, 1.165) is 37.0 Å². The Morgan fingerprint density at radius 3 is 2.51 bits per heavy atom. The molecule has 2 aromatic heterocycles. The van der Waals surface area contributed by atoms with Crippen LogP contribution in [0, 0.1) is 25.5 Å². The Morgan fingerprint density at radius 2 is 1.86 bits per heavy atom. The standard InChI is InChI=1S/C25H28F2N4O4/c1-15-11-20(35-13-17-18(26)7-6-8-19(17)27)22-29-16(2)21(31(22)12-15)23(32)28-14-25(30-24(33)34)9-4-3-5-10-25/h6-8,11-12,30H,3-5,9-10,13-14H2,1-2H3,(H,28,32)(H,33,34). The van der Waals surface area contributed by atoms with Gasteiger partial charge in [0.1, 0.15) is 23.9 Å². The number of carbonyl (C=O) groups is 2. The van der Waals surface area contributed by atoms with Crippen LogP contribution in [0.1, 0.15) is 59.4 Å². The number of hydrogen-bond acceptors (Lipinski definition) is 4. The lowest BCUT2D eigenvalue weighted by Crippen LogP contribution is -2.56. The van der Waals surface area contributed by atoms with Crippen molar-refractivity contribution in [2.24, 2.45) is 0 Å². The number of carbonyl (C=O) groups excluding carboxylic acids is 1. The molecule has 3 N–H and O–H groups in total. The Labute approximate surface area is 201 Å². The zero-order valence-electron chi connectivity index (χ0n) is 19.7. The minimum absolute atomic E-state index is 0.159. The van der Waals surface area contributed by atoms with Crippen molar-refractivity contribution in [1.29, 1.82) is 0 Å². The van der Waals surface area contributed by atoms with Crippen molar-refractivity contribution < 1.29 is 28.2 Å². The number of fused-ring (bicyclic) bond motifs is 1. The molecule has 0 aliphatic heterocycles. The summed E-state index contributed by atoms with van der Waals surface area (Å²) in [6.07, 6.45) is 4.70. The first-order valence-corrected chi connectivity index (χ1v) is 11.5. The van der Waals surface area contributed by atoms with E-state index < -0.39 is 29.2 Å². The average molecular weight is 487 g/mol. The number of aryl methyl sites for hydroxylation is 2. The number of hydrogen-bond donors (Lipinski definition) is 3. The van der Waals surface area contributed by atoms with E-state index in [4.69, 9.17) is 4.74 Å². The minimum atomic E-state index is -1.11. The molecule has 2 heterocycles. The highest BCUT2D eigenvalue weighted by atomic mass is 19.1. The molecular formula is C25H28F2N4O4. The number of imidazole rings is 1. The summed E-state index contributed by atoms with van der Waals surface area (Å²) in [7, 11) is 0. The molecule has 0 bridgehead atoms. The van der Waals surface area contributed by atoms with Gasteiger partial charge >= 0.3 is 6.09 Å². The Balaban J connectivity index is 1.59. The number of amides is 2. The first kappa shape index (κ1) is 24.4. The van der Waals surface area contributed by atoms with Crippen molar-refractivity contribution in [1.82, 2.24) is 20.0 Å². The third kappa shape index (κ3) is 5.21. The highest BCUT2D eigenvalue weighted by Crippen LogP contribution is 2.29. The maximum absolute atomic E-state index is 14.0. The fraction of sp³-hybridized carbons (Fsp3) is 0.400. The zero-order valence-corrected chi connectivity index (χ0v) is 19.7. The summed E-state index contributed by atoms with van der Waals surface area (Å²) in [5.41, 5.74) is 0.917. The van der Waals surface area contributed by atoms with E-state index in [0.29, 0.717) is 24.2 Å². The Morgan fingerprint density at radius 1 is 1.17 bits per heavy atom. The molecule has 1 fully saturated rings. The third-order valence-corrected chi connectivity index (χ3v) is 6.42. The van der Waals surface area contributed by atoms with Crippen molar-refractivity contribution in [3.8, 4) is 5.75 Å². The van der Waals surface area contributed by atoms with E-state index in [-0.39, 0.29) is 30.2 Å². The zero-order chi connectivity index (χ0) is 25.2. The second-order valence-corrected chi connectivity index (χ2v) is 9.06. The maximum atomic E-state index is 14.0. The Kier molecular flexibility index (Phi) is 6.90. The van der Waals surface area contributed by atoms with Gasteiger partial charge in [-0.1, -0.05) is 25.3 Å². The smallest absolute Gasteiger partial charge is 0.405 e. The molecular weight excluding hydrogens is 458 g/mol. The molecule has 186 valence electrons. The molecule has 10 heteroatoms. The van der Waals surface area contributed by atoms with Crippen molar-refractivity contribution in [2.75, 3.05) is 6.54 Å². The van der Waals surface area contributed by atoms with Crippen LogP contribution in [0.2, 0.25) is 0 Å². The average Bonchev–Trinajstić information content (AvgIpc) is 3.13. The van der Waals surface area contributed by atoms with Crippen LogP contribution in [0.3, 0.4) is 0 Å². The number of benzene rings is 1. The number of nitrogens with zero attached hydrogens (tertiary/aromatic N) is 2. The number of nitrogens with one attached hydrogen (secondary N) is 2. The summed E-state index contributed by atoms with van der Waals surface area (Å²) in [5, 5.41) is 14.8. The second kappa shape index (κ2) is 9.89. The lowest BCUT2D eigenvalue weighted by molar-refractivity contribution is 0.0917. The molecule has 0 unspecified atom stereocenters. The predicted molar refractivity (Wildman–Crippen MR) is 125 cm³/mol. The summed E-state index contributed by atoms with van der Waals surface area (Å²) in [5.74, 6) is -1.53. The van der Waals surface area contributed by atoms with Crippen molar-refractivity contribution in [3.63, 3.8) is 0 Å². The molecule has 1 aliphatic rings. The topological polar surface area (TPSA) is 105 Å². The lowest BCUT2D eigenvalue weighted by atomic mass is 9.81. The normalized spacial score (nSPS) is 15.1. The van der Waals surface area contributed by atoms with Crippen LogP contribution in [0.4, 0.5) is 13.6 Å². The molecule has 2 amide bonds. The van der Waals surface area contributed by atoms with Gasteiger partial charge in [-0.2, -0.15) is 0 Å². The third-order valence-electron chi connectivity index (χ3n) is 6.42. The lowest BCUT2D eigenvalue weighted by Gasteiger charge is -2.37. The Hall–Kier alpha value is -3.69. The summed E-state index contributed by atoms with van der Waals surface area (Å²) in [6, 6.07) is 5.29. The Bertz CT molecular complexity index is 1250. The monoisotopic (exact) mass is 486 g/mol. The first-order valence-electron chi connectivity index (χ1n) is 11.5. The minimum Gasteiger partial charge on any atom is -0.485 e. The summed E-state index contributed by atoms with van der Waals surface area (Å²) >= 11 is 0. The molecule has 0 atom stereocenters. The van der Waals surface area contributed by atoms with E-state index in [2.05, 4.69) is 15.6 Å². The molecule has 1 aliphatic carbocycles. The predicted octanol–water partition coefficient (Wildman–Crippen LogP) is 4.51. The molecule has 1 aromatic carbocycles.